The van der Waals surface area contributed by atoms with E-state index in [1.807, 2.05) is 13.0 Å². The van der Waals surface area contributed by atoms with E-state index in [-0.39, 0.29) is 5.82 Å². The molecule has 1 aliphatic heterocycles. The molecule has 1 aromatic carbocycles. The van der Waals surface area contributed by atoms with Gasteiger partial charge in [-0.2, -0.15) is 0 Å². The maximum absolute atomic E-state index is 13.3. The molecule has 0 bridgehead atoms. The van der Waals surface area contributed by atoms with Crippen molar-refractivity contribution in [2.45, 2.75) is 20.4 Å². The minimum Gasteiger partial charge on any atom is -0.357 e. The highest BCUT2D eigenvalue weighted by Crippen LogP contribution is 2.05. The lowest BCUT2D eigenvalue weighted by Crippen LogP contribution is -2.47. The Balaban J connectivity index is 1.78. The average molecular weight is 349 g/mol. The Morgan fingerprint density at radius 1 is 1.24 bits per heavy atom. The van der Waals surface area contributed by atoms with Crippen molar-refractivity contribution in [2.75, 3.05) is 52.9 Å². The molecule has 5 nitrogen and oxygen atoms in total. The standard InChI is InChI=1S/C19H32FN5/c1-4-21-19(23-14-17-6-5-7-18(20)12-17)22-13-16(2)15-25-10-8-24(3)9-11-25/h5-7,12,16H,4,8-11,13-15H2,1-3H3,(H2,21,22,23). The van der Waals surface area contributed by atoms with Crippen molar-refractivity contribution < 1.29 is 4.39 Å². The van der Waals surface area contributed by atoms with E-state index in [9.17, 15) is 4.39 Å². The fourth-order valence-electron chi connectivity index (χ4n) is 2.95. The summed E-state index contributed by atoms with van der Waals surface area (Å²) in [7, 11) is 2.18. The molecule has 1 saturated heterocycles. The summed E-state index contributed by atoms with van der Waals surface area (Å²) in [4.78, 5) is 9.47. The van der Waals surface area contributed by atoms with Crippen molar-refractivity contribution in [3.8, 4) is 0 Å². The van der Waals surface area contributed by atoms with Crippen LogP contribution in [0.3, 0.4) is 0 Å². The van der Waals surface area contributed by atoms with E-state index in [1.165, 1.54) is 12.1 Å². The fraction of sp³-hybridized carbons (Fsp3) is 0.632. The Labute approximate surface area is 151 Å². The number of guanidine groups is 1. The van der Waals surface area contributed by atoms with E-state index < -0.39 is 0 Å². The number of aliphatic imine (C=N–C) groups is 1. The molecule has 140 valence electrons. The number of benzene rings is 1. The SMILES string of the molecule is CCNC(=NCc1cccc(F)c1)NCC(C)CN1CCN(C)CC1. The van der Waals surface area contributed by atoms with Gasteiger partial charge < -0.3 is 20.4 Å². The van der Waals surface area contributed by atoms with Crippen LogP contribution >= 0.6 is 0 Å². The highest BCUT2D eigenvalue weighted by molar-refractivity contribution is 5.79. The van der Waals surface area contributed by atoms with Crippen LogP contribution in [0.15, 0.2) is 29.3 Å². The maximum atomic E-state index is 13.3. The molecule has 2 N–H and O–H groups in total. The lowest BCUT2D eigenvalue weighted by atomic mass is 10.1. The number of halogens is 1. The van der Waals surface area contributed by atoms with Crippen LogP contribution in [0, 0.1) is 11.7 Å². The molecule has 0 amide bonds. The molecule has 1 aromatic rings. The minimum atomic E-state index is -0.216. The third kappa shape index (κ3) is 7.40. The van der Waals surface area contributed by atoms with Crippen LogP contribution in [0.2, 0.25) is 0 Å². The summed E-state index contributed by atoms with van der Waals surface area (Å²) in [5.74, 6) is 1.12. The van der Waals surface area contributed by atoms with Crippen molar-refractivity contribution in [2.24, 2.45) is 10.9 Å². The molecule has 0 aromatic heterocycles. The number of hydrogen-bond donors (Lipinski definition) is 2. The zero-order valence-corrected chi connectivity index (χ0v) is 15.8. The summed E-state index contributed by atoms with van der Waals surface area (Å²) in [6.45, 7) is 12.2. The summed E-state index contributed by atoms with van der Waals surface area (Å²) in [6, 6.07) is 6.60. The smallest absolute Gasteiger partial charge is 0.191 e. The van der Waals surface area contributed by atoms with E-state index in [0.29, 0.717) is 12.5 Å². The lowest BCUT2D eigenvalue weighted by molar-refractivity contribution is 0.139. The molecule has 0 aliphatic carbocycles. The number of nitrogens with one attached hydrogen (secondary N) is 2. The molecule has 6 heteroatoms. The number of piperazine rings is 1. The third-order valence-corrected chi connectivity index (χ3v) is 4.44. The van der Waals surface area contributed by atoms with Gasteiger partial charge in [0.05, 0.1) is 6.54 Å². The predicted molar refractivity (Wildman–Crippen MR) is 102 cm³/mol. The molecule has 1 atom stereocenters. The summed E-state index contributed by atoms with van der Waals surface area (Å²) >= 11 is 0. The number of likely N-dealkylation sites (N-methyl/N-ethyl adjacent to an activating group) is 1. The second-order valence-electron chi connectivity index (χ2n) is 6.92. The van der Waals surface area contributed by atoms with Crippen LogP contribution in [-0.4, -0.2) is 68.6 Å². The van der Waals surface area contributed by atoms with Crippen LogP contribution in [0.5, 0.6) is 0 Å². The summed E-state index contributed by atoms with van der Waals surface area (Å²) in [5, 5.41) is 6.67. The van der Waals surface area contributed by atoms with Gasteiger partial charge in [0.15, 0.2) is 5.96 Å². The molecular formula is C19H32FN5. The monoisotopic (exact) mass is 349 g/mol. The topological polar surface area (TPSA) is 42.9 Å². The first-order valence-corrected chi connectivity index (χ1v) is 9.24. The largest absolute Gasteiger partial charge is 0.357 e. The van der Waals surface area contributed by atoms with Crippen molar-refractivity contribution in [1.29, 1.82) is 0 Å². The Morgan fingerprint density at radius 2 is 2.00 bits per heavy atom. The van der Waals surface area contributed by atoms with Gasteiger partial charge in [-0.25, -0.2) is 9.38 Å². The summed E-state index contributed by atoms with van der Waals surface area (Å²) < 4.78 is 13.3. The van der Waals surface area contributed by atoms with Gasteiger partial charge in [0.25, 0.3) is 0 Å². The van der Waals surface area contributed by atoms with Gasteiger partial charge in [-0.1, -0.05) is 19.1 Å². The van der Waals surface area contributed by atoms with E-state index in [0.717, 1.165) is 57.3 Å². The van der Waals surface area contributed by atoms with Gasteiger partial charge in [-0.05, 0) is 37.6 Å². The second-order valence-corrected chi connectivity index (χ2v) is 6.92. The molecule has 25 heavy (non-hydrogen) atoms. The fourth-order valence-corrected chi connectivity index (χ4v) is 2.95. The first-order chi connectivity index (χ1) is 12.1. The van der Waals surface area contributed by atoms with Crippen LogP contribution in [0.25, 0.3) is 0 Å². The van der Waals surface area contributed by atoms with E-state index >= 15 is 0 Å². The highest BCUT2D eigenvalue weighted by Gasteiger charge is 2.16. The first kappa shape index (κ1) is 19.7. The molecule has 1 fully saturated rings. The zero-order valence-electron chi connectivity index (χ0n) is 15.8. The molecular weight excluding hydrogens is 317 g/mol. The van der Waals surface area contributed by atoms with Crippen molar-refractivity contribution in [3.63, 3.8) is 0 Å². The number of nitrogens with zero attached hydrogens (tertiary/aromatic N) is 3. The van der Waals surface area contributed by atoms with Crippen molar-refractivity contribution >= 4 is 5.96 Å². The Bertz CT molecular complexity index is 540. The Kier molecular flexibility index (Phi) is 8.15. The molecule has 1 unspecified atom stereocenters. The van der Waals surface area contributed by atoms with Gasteiger partial charge in [-0.15, -0.1) is 0 Å². The normalized spacial score (nSPS) is 18.2. The van der Waals surface area contributed by atoms with E-state index in [4.69, 9.17) is 0 Å². The van der Waals surface area contributed by atoms with E-state index in [2.05, 4.69) is 39.4 Å². The summed E-state index contributed by atoms with van der Waals surface area (Å²) in [5.41, 5.74) is 0.877. The second kappa shape index (κ2) is 10.4. The van der Waals surface area contributed by atoms with Crippen LogP contribution in [-0.2, 0) is 6.54 Å². The van der Waals surface area contributed by atoms with Gasteiger partial charge in [0.2, 0.25) is 0 Å². The molecule has 1 heterocycles. The van der Waals surface area contributed by atoms with Gasteiger partial charge >= 0.3 is 0 Å². The molecule has 0 saturated carbocycles. The van der Waals surface area contributed by atoms with Crippen molar-refractivity contribution in [3.05, 3.63) is 35.6 Å². The number of rotatable bonds is 7. The quantitative estimate of drug-likeness (QED) is 0.582. The van der Waals surface area contributed by atoms with Gasteiger partial charge in [0.1, 0.15) is 5.82 Å². The summed E-state index contributed by atoms with van der Waals surface area (Å²) in [6.07, 6.45) is 0. The molecule has 0 spiro atoms. The maximum Gasteiger partial charge on any atom is 0.191 e. The van der Waals surface area contributed by atoms with E-state index in [1.54, 1.807) is 6.07 Å². The predicted octanol–water partition coefficient (Wildman–Crippen LogP) is 1.76. The van der Waals surface area contributed by atoms with Gasteiger partial charge in [0, 0.05) is 45.8 Å². The third-order valence-electron chi connectivity index (χ3n) is 4.44. The minimum absolute atomic E-state index is 0.216. The van der Waals surface area contributed by atoms with Gasteiger partial charge in [-0.3, -0.25) is 0 Å². The zero-order chi connectivity index (χ0) is 18.1. The molecule has 2 rings (SSSR count). The number of hydrogen-bond acceptors (Lipinski definition) is 3. The van der Waals surface area contributed by atoms with Crippen molar-refractivity contribution in [1.82, 2.24) is 20.4 Å². The van der Waals surface area contributed by atoms with Crippen LogP contribution < -0.4 is 10.6 Å². The Hall–Kier alpha value is -1.66. The Morgan fingerprint density at radius 3 is 2.68 bits per heavy atom. The van der Waals surface area contributed by atoms with Crippen LogP contribution in [0.1, 0.15) is 19.4 Å². The highest BCUT2D eigenvalue weighted by atomic mass is 19.1. The average Bonchev–Trinajstić information content (AvgIpc) is 2.59. The first-order valence-electron chi connectivity index (χ1n) is 9.24. The lowest BCUT2D eigenvalue weighted by Gasteiger charge is -2.34. The molecule has 0 radical (unpaired) electrons. The molecule has 1 aliphatic rings. The van der Waals surface area contributed by atoms with Crippen LogP contribution in [0.4, 0.5) is 4.39 Å².